The van der Waals surface area contributed by atoms with Crippen LogP contribution in [0.2, 0.25) is 5.02 Å². The zero-order valence-electron chi connectivity index (χ0n) is 12.1. The summed E-state index contributed by atoms with van der Waals surface area (Å²) in [6, 6.07) is 8.97. The van der Waals surface area contributed by atoms with E-state index in [4.69, 9.17) is 11.6 Å². The number of halogens is 1. The zero-order valence-corrected chi connectivity index (χ0v) is 12.9. The Morgan fingerprint density at radius 3 is 2.81 bits per heavy atom. The number of nitrogens with zero attached hydrogens (tertiary/aromatic N) is 1. The summed E-state index contributed by atoms with van der Waals surface area (Å²) >= 11 is 6.11. The molecule has 0 radical (unpaired) electrons. The highest BCUT2D eigenvalue weighted by Gasteiger charge is 2.53. The molecule has 2 bridgehead atoms. The van der Waals surface area contributed by atoms with E-state index in [0.29, 0.717) is 18.0 Å². The van der Waals surface area contributed by atoms with Gasteiger partial charge in [-0.2, -0.15) is 0 Å². The number of benzene rings is 1. The maximum atomic E-state index is 13.1. The summed E-state index contributed by atoms with van der Waals surface area (Å²) in [4.78, 5) is 15.2. The zero-order chi connectivity index (χ0) is 14.4. The van der Waals surface area contributed by atoms with E-state index < -0.39 is 0 Å². The smallest absolute Gasteiger partial charge is 0.233 e. The van der Waals surface area contributed by atoms with Crippen molar-refractivity contribution >= 4 is 17.5 Å². The quantitative estimate of drug-likeness (QED) is 0.911. The summed E-state index contributed by atoms with van der Waals surface area (Å²) in [5, 5.41) is 4.37. The summed E-state index contributed by atoms with van der Waals surface area (Å²) in [6.45, 7) is 1.77. The van der Waals surface area contributed by atoms with Gasteiger partial charge in [-0.05, 0) is 49.8 Å². The van der Waals surface area contributed by atoms with Gasteiger partial charge in [0.05, 0.1) is 5.41 Å². The van der Waals surface area contributed by atoms with E-state index in [1.807, 2.05) is 18.2 Å². The first-order chi connectivity index (χ1) is 10.2. The maximum absolute atomic E-state index is 13.1. The van der Waals surface area contributed by atoms with E-state index in [2.05, 4.69) is 16.3 Å². The third-order valence-corrected chi connectivity index (χ3v) is 5.58. The first kappa shape index (κ1) is 13.6. The largest absolute Gasteiger partial charge is 0.340 e. The monoisotopic (exact) mass is 304 g/mol. The number of hydrogen-bond donors (Lipinski definition) is 1. The number of nitrogens with one attached hydrogen (secondary N) is 1. The van der Waals surface area contributed by atoms with Crippen LogP contribution in [0.15, 0.2) is 24.3 Å². The van der Waals surface area contributed by atoms with Crippen molar-refractivity contribution in [3.63, 3.8) is 0 Å². The molecule has 1 aliphatic carbocycles. The highest BCUT2D eigenvalue weighted by atomic mass is 35.5. The fourth-order valence-corrected chi connectivity index (χ4v) is 4.16. The average molecular weight is 305 g/mol. The van der Waals surface area contributed by atoms with Gasteiger partial charge < -0.3 is 10.2 Å². The minimum Gasteiger partial charge on any atom is -0.340 e. The standard InChI is InChI=1S/C17H21ClN2O/c18-13-3-1-2-12(10-13)17(7-8-17)16(21)20-9-6-14-4-5-15(11-20)19-14/h1-3,10,14-15,19H,4-9,11H2. The number of carbonyl (C=O) groups is 1. The number of likely N-dealkylation sites (tertiary alicyclic amines) is 1. The molecule has 2 unspecified atom stereocenters. The van der Waals surface area contributed by atoms with E-state index in [-0.39, 0.29) is 5.41 Å². The molecule has 2 saturated heterocycles. The minimum absolute atomic E-state index is 0.283. The van der Waals surface area contributed by atoms with Crippen LogP contribution in [-0.4, -0.2) is 36.0 Å². The molecular weight excluding hydrogens is 284 g/mol. The second-order valence-corrected chi connectivity index (χ2v) is 7.21. The third kappa shape index (κ3) is 2.36. The van der Waals surface area contributed by atoms with Gasteiger partial charge in [0.15, 0.2) is 0 Å². The van der Waals surface area contributed by atoms with Crippen LogP contribution in [0.4, 0.5) is 0 Å². The molecule has 2 atom stereocenters. The number of carbonyl (C=O) groups excluding carboxylic acids is 1. The van der Waals surface area contributed by atoms with Crippen LogP contribution < -0.4 is 5.32 Å². The number of fused-ring (bicyclic) bond motifs is 2. The fraction of sp³-hybridized carbons (Fsp3) is 0.588. The first-order valence-electron chi connectivity index (χ1n) is 7.99. The lowest BCUT2D eigenvalue weighted by molar-refractivity contribution is -0.134. The van der Waals surface area contributed by atoms with E-state index in [1.165, 1.54) is 12.8 Å². The summed E-state index contributed by atoms with van der Waals surface area (Å²) in [5.74, 6) is 0.319. The molecule has 2 heterocycles. The van der Waals surface area contributed by atoms with Gasteiger partial charge in [0.25, 0.3) is 0 Å². The molecule has 4 heteroatoms. The fourth-order valence-electron chi connectivity index (χ4n) is 3.97. The van der Waals surface area contributed by atoms with Crippen LogP contribution in [-0.2, 0) is 10.2 Å². The van der Waals surface area contributed by atoms with Crippen LogP contribution in [0, 0.1) is 0 Å². The number of rotatable bonds is 2. The lowest BCUT2D eigenvalue weighted by Gasteiger charge is -2.29. The molecular formula is C17H21ClN2O. The van der Waals surface area contributed by atoms with Crippen LogP contribution in [0.25, 0.3) is 0 Å². The molecule has 1 aromatic carbocycles. The molecule has 2 aliphatic heterocycles. The van der Waals surface area contributed by atoms with Gasteiger partial charge in [0, 0.05) is 30.2 Å². The van der Waals surface area contributed by atoms with Crippen molar-refractivity contribution in [2.24, 2.45) is 0 Å². The van der Waals surface area contributed by atoms with Gasteiger partial charge in [0.1, 0.15) is 0 Å². The normalized spacial score (nSPS) is 30.0. The maximum Gasteiger partial charge on any atom is 0.233 e. The summed E-state index contributed by atoms with van der Waals surface area (Å²) < 4.78 is 0. The van der Waals surface area contributed by atoms with Gasteiger partial charge >= 0.3 is 0 Å². The molecule has 0 spiro atoms. The highest BCUT2D eigenvalue weighted by molar-refractivity contribution is 6.30. The van der Waals surface area contributed by atoms with Crippen molar-refractivity contribution in [1.29, 1.82) is 0 Å². The minimum atomic E-state index is -0.283. The Balaban J connectivity index is 1.56. The predicted octanol–water partition coefficient (Wildman–Crippen LogP) is 2.72. The Morgan fingerprint density at radius 2 is 2.05 bits per heavy atom. The number of hydrogen-bond acceptors (Lipinski definition) is 2. The molecule has 3 fully saturated rings. The van der Waals surface area contributed by atoms with Crippen molar-refractivity contribution in [2.45, 2.75) is 49.6 Å². The highest BCUT2D eigenvalue weighted by Crippen LogP contribution is 2.50. The second kappa shape index (κ2) is 4.99. The molecule has 4 rings (SSSR count). The van der Waals surface area contributed by atoms with Gasteiger partial charge in [-0.1, -0.05) is 23.7 Å². The molecule has 0 aromatic heterocycles. The van der Waals surface area contributed by atoms with Crippen LogP contribution >= 0.6 is 11.6 Å². The molecule has 1 aromatic rings. The number of amides is 1. The molecule has 21 heavy (non-hydrogen) atoms. The van der Waals surface area contributed by atoms with Gasteiger partial charge in [-0.3, -0.25) is 4.79 Å². The van der Waals surface area contributed by atoms with Gasteiger partial charge in [-0.25, -0.2) is 0 Å². The van der Waals surface area contributed by atoms with Gasteiger partial charge in [0.2, 0.25) is 5.91 Å². The van der Waals surface area contributed by atoms with E-state index in [9.17, 15) is 4.79 Å². The predicted molar refractivity (Wildman–Crippen MR) is 83.5 cm³/mol. The second-order valence-electron chi connectivity index (χ2n) is 6.77. The summed E-state index contributed by atoms with van der Waals surface area (Å²) in [5.41, 5.74) is 0.816. The molecule has 1 N–H and O–H groups in total. The topological polar surface area (TPSA) is 32.3 Å². The Bertz CT molecular complexity index is 570. The Morgan fingerprint density at radius 1 is 1.24 bits per heavy atom. The Kier molecular flexibility index (Phi) is 3.23. The van der Waals surface area contributed by atoms with Crippen molar-refractivity contribution in [2.75, 3.05) is 13.1 Å². The molecule has 1 saturated carbocycles. The van der Waals surface area contributed by atoms with Crippen molar-refractivity contribution in [3.8, 4) is 0 Å². The first-order valence-corrected chi connectivity index (χ1v) is 8.37. The third-order valence-electron chi connectivity index (χ3n) is 5.35. The van der Waals surface area contributed by atoms with Crippen LogP contribution in [0.3, 0.4) is 0 Å². The SMILES string of the molecule is O=C(N1CCC2CCC(C1)N2)C1(c2cccc(Cl)c2)CC1. The van der Waals surface area contributed by atoms with Crippen molar-refractivity contribution in [3.05, 3.63) is 34.9 Å². The van der Waals surface area contributed by atoms with Crippen molar-refractivity contribution < 1.29 is 4.79 Å². The Hall–Kier alpha value is -1.06. The summed E-state index contributed by atoms with van der Waals surface area (Å²) in [7, 11) is 0. The van der Waals surface area contributed by atoms with Crippen LogP contribution in [0.5, 0.6) is 0 Å². The average Bonchev–Trinajstić information content (AvgIpc) is 3.19. The molecule has 112 valence electrons. The summed E-state index contributed by atoms with van der Waals surface area (Å²) in [6.07, 6.45) is 5.49. The van der Waals surface area contributed by atoms with E-state index >= 15 is 0 Å². The molecule has 3 aliphatic rings. The molecule has 3 nitrogen and oxygen atoms in total. The lowest BCUT2D eigenvalue weighted by Crippen LogP contribution is -2.44. The van der Waals surface area contributed by atoms with E-state index in [1.54, 1.807) is 0 Å². The van der Waals surface area contributed by atoms with Gasteiger partial charge in [-0.15, -0.1) is 0 Å². The Labute approximate surface area is 130 Å². The van der Waals surface area contributed by atoms with Crippen LogP contribution in [0.1, 0.15) is 37.7 Å². The van der Waals surface area contributed by atoms with E-state index in [0.717, 1.165) is 42.9 Å². The van der Waals surface area contributed by atoms with Crippen molar-refractivity contribution in [1.82, 2.24) is 10.2 Å². The molecule has 1 amide bonds. The lowest BCUT2D eigenvalue weighted by atomic mass is 9.93.